The third kappa shape index (κ3) is 1.74. The van der Waals surface area contributed by atoms with Crippen molar-refractivity contribution in [2.24, 2.45) is 11.7 Å². The molecule has 2 N–H and O–H groups in total. The van der Waals surface area contributed by atoms with Crippen LogP contribution in [0.2, 0.25) is 0 Å². The van der Waals surface area contributed by atoms with Crippen LogP contribution >= 0.6 is 0 Å². The van der Waals surface area contributed by atoms with Gasteiger partial charge in [0.2, 0.25) is 0 Å². The van der Waals surface area contributed by atoms with E-state index >= 15 is 0 Å². The Morgan fingerprint density at radius 1 is 1.40 bits per heavy atom. The molecule has 1 aliphatic rings. The lowest BCUT2D eigenvalue weighted by Crippen LogP contribution is -2.23. The first-order chi connectivity index (χ1) is 7.22. The maximum Gasteiger partial charge on any atom is 0.124 e. The highest BCUT2D eigenvalue weighted by molar-refractivity contribution is 5.43. The first-order valence-corrected chi connectivity index (χ1v) is 5.73. The van der Waals surface area contributed by atoms with Gasteiger partial charge in [-0.15, -0.1) is 0 Å². The molecule has 2 nitrogen and oxygen atoms in total. The molecule has 2 rings (SSSR count). The largest absolute Gasteiger partial charge is 0.494 e. The van der Waals surface area contributed by atoms with Crippen LogP contribution in [0, 0.1) is 5.92 Å². The average Bonchev–Trinajstić information content (AvgIpc) is 2.92. The van der Waals surface area contributed by atoms with Crippen molar-refractivity contribution in [3.8, 4) is 5.75 Å². The molecule has 0 amide bonds. The minimum atomic E-state index is -0.124. The zero-order chi connectivity index (χ0) is 10.9. The summed E-state index contributed by atoms with van der Waals surface area (Å²) in [5.41, 5.74) is 7.43. The summed E-state index contributed by atoms with van der Waals surface area (Å²) in [6.07, 6.45) is 2.24. The van der Waals surface area contributed by atoms with Gasteiger partial charge in [-0.25, -0.2) is 0 Å². The van der Waals surface area contributed by atoms with Crippen LogP contribution in [0.25, 0.3) is 0 Å². The summed E-state index contributed by atoms with van der Waals surface area (Å²) in [7, 11) is 0. The molecule has 15 heavy (non-hydrogen) atoms. The lowest BCUT2D eigenvalue weighted by Gasteiger charge is -2.16. The van der Waals surface area contributed by atoms with Crippen LogP contribution in [0.1, 0.15) is 32.3 Å². The van der Waals surface area contributed by atoms with Crippen LogP contribution in [0.3, 0.4) is 0 Å². The lowest BCUT2D eigenvalue weighted by atomic mass is 10.0. The monoisotopic (exact) mass is 205 g/mol. The fourth-order valence-corrected chi connectivity index (χ4v) is 2.32. The number of ether oxygens (including phenoxy) is 1. The molecule has 0 bridgehead atoms. The molecule has 0 spiro atoms. The molecule has 2 heteroatoms. The second kappa shape index (κ2) is 3.86. The Morgan fingerprint density at radius 3 is 2.73 bits per heavy atom. The quantitative estimate of drug-likeness (QED) is 0.820. The minimum absolute atomic E-state index is 0.124. The first-order valence-electron chi connectivity index (χ1n) is 5.73. The topological polar surface area (TPSA) is 35.2 Å². The summed E-state index contributed by atoms with van der Waals surface area (Å²) in [5, 5.41) is 0. The van der Waals surface area contributed by atoms with Crippen LogP contribution in [-0.2, 0) is 5.54 Å². The Balaban J connectivity index is 2.28. The Labute approximate surface area is 91.4 Å². The molecule has 0 aliphatic heterocycles. The van der Waals surface area contributed by atoms with E-state index in [1.165, 1.54) is 5.56 Å². The standard InChI is InChI=1S/C13H19NO/c1-3-10-9-13(10,14)11-7-5-6-8-12(11)15-4-2/h5-8,10H,3-4,9,14H2,1-2H3. The van der Waals surface area contributed by atoms with Gasteiger partial charge in [0, 0.05) is 11.1 Å². The summed E-state index contributed by atoms with van der Waals surface area (Å²) in [6, 6.07) is 8.15. The van der Waals surface area contributed by atoms with E-state index < -0.39 is 0 Å². The second-order valence-electron chi connectivity index (χ2n) is 4.28. The van der Waals surface area contributed by atoms with E-state index in [1.54, 1.807) is 0 Å². The van der Waals surface area contributed by atoms with Gasteiger partial charge in [0.05, 0.1) is 6.61 Å². The molecule has 1 aromatic rings. The van der Waals surface area contributed by atoms with E-state index in [0.29, 0.717) is 12.5 Å². The highest BCUT2D eigenvalue weighted by Crippen LogP contribution is 2.53. The van der Waals surface area contributed by atoms with Crippen molar-refractivity contribution >= 4 is 0 Å². The highest BCUT2D eigenvalue weighted by Gasteiger charge is 2.52. The summed E-state index contributed by atoms with van der Waals surface area (Å²) < 4.78 is 5.62. The molecule has 2 unspecified atom stereocenters. The van der Waals surface area contributed by atoms with E-state index in [1.807, 2.05) is 25.1 Å². The van der Waals surface area contributed by atoms with Crippen LogP contribution in [0.5, 0.6) is 5.75 Å². The van der Waals surface area contributed by atoms with Crippen molar-refractivity contribution in [1.82, 2.24) is 0 Å². The smallest absolute Gasteiger partial charge is 0.124 e. The van der Waals surface area contributed by atoms with Crippen LogP contribution < -0.4 is 10.5 Å². The van der Waals surface area contributed by atoms with E-state index in [-0.39, 0.29) is 5.54 Å². The van der Waals surface area contributed by atoms with Gasteiger partial charge in [0.25, 0.3) is 0 Å². The molecular formula is C13H19NO. The molecule has 1 fully saturated rings. The predicted molar refractivity (Wildman–Crippen MR) is 61.9 cm³/mol. The molecule has 0 aromatic heterocycles. The zero-order valence-corrected chi connectivity index (χ0v) is 9.49. The minimum Gasteiger partial charge on any atom is -0.494 e. The number of benzene rings is 1. The van der Waals surface area contributed by atoms with Crippen LogP contribution in [0.4, 0.5) is 0 Å². The molecule has 1 saturated carbocycles. The third-order valence-corrected chi connectivity index (χ3v) is 3.33. The van der Waals surface area contributed by atoms with Gasteiger partial charge in [-0.1, -0.05) is 31.5 Å². The molecule has 0 radical (unpaired) electrons. The number of rotatable bonds is 4. The van der Waals surface area contributed by atoms with Crippen molar-refractivity contribution in [2.75, 3.05) is 6.61 Å². The Bertz CT molecular complexity index is 350. The van der Waals surface area contributed by atoms with E-state index in [2.05, 4.69) is 13.0 Å². The second-order valence-corrected chi connectivity index (χ2v) is 4.28. The van der Waals surface area contributed by atoms with Crippen molar-refractivity contribution in [2.45, 2.75) is 32.2 Å². The van der Waals surface area contributed by atoms with Crippen molar-refractivity contribution < 1.29 is 4.74 Å². The van der Waals surface area contributed by atoms with Crippen molar-refractivity contribution in [3.63, 3.8) is 0 Å². The van der Waals surface area contributed by atoms with E-state index in [0.717, 1.165) is 18.6 Å². The number of nitrogens with two attached hydrogens (primary N) is 1. The molecule has 0 saturated heterocycles. The summed E-state index contributed by atoms with van der Waals surface area (Å²) >= 11 is 0. The molecular weight excluding hydrogens is 186 g/mol. The maximum atomic E-state index is 6.37. The van der Waals surface area contributed by atoms with Gasteiger partial charge in [-0.2, -0.15) is 0 Å². The fourth-order valence-electron chi connectivity index (χ4n) is 2.32. The number of hydrogen-bond acceptors (Lipinski definition) is 2. The van der Waals surface area contributed by atoms with Gasteiger partial charge < -0.3 is 10.5 Å². The summed E-state index contributed by atoms with van der Waals surface area (Å²) in [4.78, 5) is 0. The third-order valence-electron chi connectivity index (χ3n) is 3.33. The summed E-state index contributed by atoms with van der Waals surface area (Å²) in [5.74, 6) is 1.58. The normalized spacial score (nSPS) is 28.9. The molecule has 82 valence electrons. The molecule has 1 aromatic carbocycles. The van der Waals surface area contributed by atoms with Gasteiger partial charge in [-0.05, 0) is 25.3 Å². The average molecular weight is 205 g/mol. The Morgan fingerprint density at radius 2 is 2.13 bits per heavy atom. The van der Waals surface area contributed by atoms with E-state index in [9.17, 15) is 0 Å². The number of para-hydroxylation sites is 1. The Kier molecular flexibility index (Phi) is 2.70. The van der Waals surface area contributed by atoms with Gasteiger partial charge in [-0.3, -0.25) is 0 Å². The molecule has 1 aliphatic carbocycles. The predicted octanol–water partition coefficient (Wildman–Crippen LogP) is 2.67. The highest BCUT2D eigenvalue weighted by atomic mass is 16.5. The van der Waals surface area contributed by atoms with Gasteiger partial charge in [0.15, 0.2) is 0 Å². The summed E-state index contributed by atoms with van der Waals surface area (Å²) in [6.45, 7) is 4.90. The first kappa shape index (κ1) is 10.5. The van der Waals surface area contributed by atoms with Crippen molar-refractivity contribution in [3.05, 3.63) is 29.8 Å². The SMILES string of the molecule is CCOc1ccccc1C1(N)CC1CC. The Hall–Kier alpha value is -1.02. The molecule has 2 atom stereocenters. The van der Waals surface area contributed by atoms with Crippen LogP contribution in [0.15, 0.2) is 24.3 Å². The van der Waals surface area contributed by atoms with Gasteiger partial charge >= 0.3 is 0 Å². The van der Waals surface area contributed by atoms with Gasteiger partial charge in [0.1, 0.15) is 5.75 Å². The molecule has 0 heterocycles. The lowest BCUT2D eigenvalue weighted by molar-refractivity contribution is 0.332. The number of hydrogen-bond donors (Lipinski definition) is 1. The van der Waals surface area contributed by atoms with Crippen LogP contribution in [-0.4, -0.2) is 6.61 Å². The van der Waals surface area contributed by atoms with E-state index in [4.69, 9.17) is 10.5 Å². The maximum absolute atomic E-state index is 6.37. The van der Waals surface area contributed by atoms with Crippen molar-refractivity contribution in [1.29, 1.82) is 0 Å². The zero-order valence-electron chi connectivity index (χ0n) is 9.49. The fraction of sp³-hybridized carbons (Fsp3) is 0.538.